The molecule has 0 radical (unpaired) electrons. The van der Waals surface area contributed by atoms with Crippen molar-refractivity contribution in [2.45, 2.75) is 0 Å². The summed E-state index contributed by atoms with van der Waals surface area (Å²) in [5.41, 5.74) is 0. The van der Waals surface area contributed by atoms with Crippen LogP contribution in [0.5, 0.6) is 0 Å². The van der Waals surface area contributed by atoms with E-state index in [1.54, 1.807) is 6.20 Å². The largest absolute Gasteiger partial charge is 0.354 e. The molecule has 0 unspecified atom stereocenters. The molecule has 0 aromatic carbocycles. The molecule has 1 saturated heterocycles. The molecule has 0 amide bonds. The minimum atomic E-state index is 1.01. The number of halogens is 1. The lowest BCUT2D eigenvalue weighted by Crippen LogP contribution is -2.45. The van der Waals surface area contributed by atoms with Gasteiger partial charge >= 0.3 is 0 Å². The zero-order valence-corrected chi connectivity index (χ0v) is 9.70. The van der Waals surface area contributed by atoms with Gasteiger partial charge < -0.3 is 10.2 Å². The Hall–Kier alpha value is -0.360. The predicted octanol–water partition coefficient (Wildman–Crippen LogP) is 1.38. The van der Waals surface area contributed by atoms with E-state index in [9.17, 15) is 0 Å². The summed E-state index contributed by atoms with van der Waals surface area (Å²) in [4.78, 5) is 6.48. The van der Waals surface area contributed by atoms with Crippen LogP contribution in [0.4, 0.5) is 0 Å². The molecule has 4 heteroatoms. The molecule has 0 aromatic heterocycles. The molecule has 1 heterocycles. The number of nitrogens with one attached hydrogen (secondary N) is 1. The first-order chi connectivity index (χ1) is 6.38. The first-order valence-electron chi connectivity index (χ1n) is 4.29. The Balaban J connectivity index is 2.62. The molecule has 1 fully saturated rings. The maximum atomic E-state index is 4.22. The SMILES string of the molecule is C=C/N=C(\C=C/I)N1CCNCC1. The highest BCUT2D eigenvalue weighted by Crippen LogP contribution is 1.99. The Morgan fingerprint density at radius 1 is 1.46 bits per heavy atom. The van der Waals surface area contributed by atoms with Gasteiger partial charge in [-0.15, -0.1) is 0 Å². The van der Waals surface area contributed by atoms with Gasteiger partial charge in [-0.25, -0.2) is 4.99 Å². The number of rotatable bonds is 2. The Bertz CT molecular complexity index is 217. The Labute approximate surface area is 92.7 Å². The van der Waals surface area contributed by atoms with Crippen molar-refractivity contribution in [3.05, 3.63) is 22.9 Å². The van der Waals surface area contributed by atoms with E-state index in [1.165, 1.54) is 0 Å². The van der Waals surface area contributed by atoms with E-state index in [2.05, 4.69) is 44.4 Å². The summed E-state index contributed by atoms with van der Waals surface area (Å²) in [5.74, 6) is 1.01. The highest BCUT2D eigenvalue weighted by molar-refractivity contribution is 14.1. The molecule has 1 aliphatic rings. The third kappa shape index (κ3) is 3.48. The summed E-state index contributed by atoms with van der Waals surface area (Å²) in [5, 5.41) is 3.31. The second-order valence-corrected chi connectivity index (χ2v) is 3.42. The lowest BCUT2D eigenvalue weighted by Gasteiger charge is -2.28. The average Bonchev–Trinajstić information content (AvgIpc) is 2.19. The number of aliphatic imine (C=N–C) groups is 1. The number of hydrogen-bond donors (Lipinski definition) is 1. The van der Waals surface area contributed by atoms with E-state index in [0.29, 0.717) is 0 Å². The molecular weight excluding hydrogens is 277 g/mol. The molecule has 0 aliphatic carbocycles. The fourth-order valence-electron chi connectivity index (χ4n) is 1.27. The lowest BCUT2D eigenvalue weighted by atomic mass is 10.3. The highest BCUT2D eigenvalue weighted by atomic mass is 127. The summed E-state index contributed by atoms with van der Waals surface area (Å²) < 4.78 is 1.97. The normalized spacial score (nSPS) is 19.5. The van der Waals surface area contributed by atoms with Crippen molar-refractivity contribution >= 4 is 28.4 Å². The molecule has 0 spiro atoms. The van der Waals surface area contributed by atoms with Crippen LogP contribution in [0.1, 0.15) is 0 Å². The number of hydrogen-bond acceptors (Lipinski definition) is 2. The molecule has 0 aromatic rings. The third-order valence-electron chi connectivity index (χ3n) is 1.88. The first-order valence-corrected chi connectivity index (χ1v) is 5.54. The molecule has 1 N–H and O–H groups in total. The zero-order chi connectivity index (χ0) is 9.52. The zero-order valence-electron chi connectivity index (χ0n) is 7.54. The summed E-state index contributed by atoms with van der Waals surface area (Å²) in [7, 11) is 0. The molecule has 3 nitrogen and oxygen atoms in total. The van der Waals surface area contributed by atoms with Crippen molar-refractivity contribution in [2.75, 3.05) is 26.2 Å². The van der Waals surface area contributed by atoms with Gasteiger partial charge in [-0.3, -0.25) is 0 Å². The summed E-state index contributed by atoms with van der Waals surface area (Å²) in [6.45, 7) is 7.72. The second kappa shape index (κ2) is 6.15. The fourth-order valence-corrected chi connectivity index (χ4v) is 1.60. The van der Waals surface area contributed by atoms with E-state index in [4.69, 9.17) is 0 Å². The summed E-state index contributed by atoms with van der Waals surface area (Å²) in [6, 6.07) is 0. The van der Waals surface area contributed by atoms with E-state index in [0.717, 1.165) is 32.0 Å². The van der Waals surface area contributed by atoms with Gasteiger partial charge in [0.25, 0.3) is 0 Å². The molecular formula is C9H14IN3. The van der Waals surface area contributed by atoms with Gasteiger partial charge in [0, 0.05) is 32.4 Å². The molecule has 72 valence electrons. The van der Waals surface area contributed by atoms with Crippen LogP contribution in [0.2, 0.25) is 0 Å². The molecule has 0 saturated carbocycles. The van der Waals surface area contributed by atoms with Crippen LogP contribution in [0.25, 0.3) is 0 Å². The number of piperazine rings is 1. The third-order valence-corrected chi connectivity index (χ3v) is 2.24. The van der Waals surface area contributed by atoms with Crippen LogP contribution in [-0.2, 0) is 0 Å². The smallest absolute Gasteiger partial charge is 0.128 e. The maximum absolute atomic E-state index is 4.22. The minimum Gasteiger partial charge on any atom is -0.354 e. The van der Waals surface area contributed by atoms with Crippen LogP contribution in [0, 0.1) is 0 Å². The number of amidine groups is 1. The van der Waals surface area contributed by atoms with Crippen molar-refractivity contribution in [3.8, 4) is 0 Å². The first kappa shape index (κ1) is 10.7. The quantitative estimate of drug-likeness (QED) is 0.473. The van der Waals surface area contributed by atoms with E-state index >= 15 is 0 Å². The molecule has 0 bridgehead atoms. The fraction of sp³-hybridized carbons (Fsp3) is 0.444. The Morgan fingerprint density at radius 3 is 2.69 bits per heavy atom. The number of nitrogens with zero attached hydrogens (tertiary/aromatic N) is 2. The molecule has 1 rings (SSSR count). The molecule has 13 heavy (non-hydrogen) atoms. The van der Waals surface area contributed by atoms with Crippen molar-refractivity contribution in [2.24, 2.45) is 4.99 Å². The maximum Gasteiger partial charge on any atom is 0.128 e. The van der Waals surface area contributed by atoms with Crippen molar-refractivity contribution in [1.82, 2.24) is 10.2 Å². The van der Waals surface area contributed by atoms with E-state index < -0.39 is 0 Å². The highest BCUT2D eigenvalue weighted by Gasteiger charge is 2.10. The van der Waals surface area contributed by atoms with Crippen molar-refractivity contribution in [1.29, 1.82) is 0 Å². The average molecular weight is 291 g/mol. The topological polar surface area (TPSA) is 27.6 Å². The van der Waals surface area contributed by atoms with Crippen LogP contribution >= 0.6 is 22.6 Å². The lowest BCUT2D eigenvalue weighted by molar-refractivity contribution is 0.359. The monoisotopic (exact) mass is 291 g/mol. The van der Waals surface area contributed by atoms with Gasteiger partial charge in [0.05, 0.1) is 0 Å². The molecule has 0 atom stereocenters. The van der Waals surface area contributed by atoms with Crippen molar-refractivity contribution < 1.29 is 0 Å². The van der Waals surface area contributed by atoms with Gasteiger partial charge in [-0.05, 0) is 10.2 Å². The Morgan fingerprint density at radius 2 is 2.15 bits per heavy atom. The van der Waals surface area contributed by atoms with Gasteiger partial charge in [-0.1, -0.05) is 29.2 Å². The Kier molecular flexibility index (Phi) is 5.07. The second-order valence-electron chi connectivity index (χ2n) is 2.70. The van der Waals surface area contributed by atoms with Crippen LogP contribution in [-0.4, -0.2) is 36.9 Å². The van der Waals surface area contributed by atoms with Gasteiger partial charge in [-0.2, -0.15) is 0 Å². The van der Waals surface area contributed by atoms with Gasteiger partial charge in [0.15, 0.2) is 0 Å². The van der Waals surface area contributed by atoms with Crippen molar-refractivity contribution in [3.63, 3.8) is 0 Å². The van der Waals surface area contributed by atoms with Crippen LogP contribution < -0.4 is 5.32 Å². The predicted molar refractivity (Wildman–Crippen MR) is 65.2 cm³/mol. The molecule has 1 aliphatic heterocycles. The summed E-state index contributed by atoms with van der Waals surface area (Å²) >= 11 is 2.20. The van der Waals surface area contributed by atoms with Crippen LogP contribution in [0.15, 0.2) is 27.9 Å². The van der Waals surface area contributed by atoms with Gasteiger partial charge in [0.2, 0.25) is 0 Å². The van der Waals surface area contributed by atoms with E-state index in [1.807, 2.05) is 10.2 Å². The van der Waals surface area contributed by atoms with Gasteiger partial charge in [0.1, 0.15) is 5.84 Å². The van der Waals surface area contributed by atoms with Crippen LogP contribution in [0.3, 0.4) is 0 Å². The standard InChI is InChI=1S/C9H14IN3/c1-2-12-9(3-4-10)13-7-5-11-6-8-13/h2-4,11H,1,5-8H2/b4-3-,12-9+. The summed E-state index contributed by atoms with van der Waals surface area (Å²) in [6.07, 6.45) is 3.60. The van der Waals surface area contributed by atoms with E-state index in [-0.39, 0.29) is 0 Å². The minimum absolute atomic E-state index is 1.01.